The summed E-state index contributed by atoms with van der Waals surface area (Å²) in [4.78, 5) is 35.0. The van der Waals surface area contributed by atoms with Crippen LogP contribution in [0.3, 0.4) is 0 Å². The molecule has 0 spiro atoms. The third-order valence-corrected chi connectivity index (χ3v) is 3.60. The number of ether oxygens (including phenoxy) is 3. The van der Waals surface area contributed by atoms with Crippen molar-refractivity contribution in [1.82, 2.24) is 0 Å². The van der Waals surface area contributed by atoms with E-state index in [-0.39, 0.29) is 23.8 Å². The van der Waals surface area contributed by atoms with Gasteiger partial charge in [-0.25, -0.2) is 0 Å². The summed E-state index contributed by atoms with van der Waals surface area (Å²) in [5.41, 5.74) is 6.28. The van der Waals surface area contributed by atoms with Crippen LogP contribution in [0.2, 0.25) is 0 Å². The lowest BCUT2D eigenvalue weighted by atomic mass is 10.2. The molecule has 4 N–H and O–H groups in total. The van der Waals surface area contributed by atoms with Gasteiger partial charge in [0.1, 0.15) is 17.2 Å². The van der Waals surface area contributed by atoms with Crippen molar-refractivity contribution in [3.8, 4) is 17.2 Å². The Labute approximate surface area is 161 Å². The Balaban J connectivity index is 2.10. The number of primary amides is 1. The molecule has 0 aliphatic carbocycles. The molecule has 0 unspecified atom stereocenters. The average Bonchev–Trinajstić information content (AvgIpc) is 2.66. The highest BCUT2D eigenvalue weighted by Gasteiger charge is 2.14. The summed E-state index contributed by atoms with van der Waals surface area (Å²) in [6.07, 6.45) is 0. The van der Waals surface area contributed by atoms with E-state index in [2.05, 4.69) is 10.6 Å². The molecule has 0 bridgehead atoms. The van der Waals surface area contributed by atoms with Crippen molar-refractivity contribution < 1.29 is 28.6 Å². The summed E-state index contributed by atoms with van der Waals surface area (Å²) in [7, 11) is 2.91. The van der Waals surface area contributed by atoms with Crippen molar-refractivity contribution in [2.45, 2.75) is 6.92 Å². The molecule has 0 aromatic heterocycles. The summed E-state index contributed by atoms with van der Waals surface area (Å²) >= 11 is 0. The quantitative estimate of drug-likeness (QED) is 0.633. The lowest BCUT2D eigenvalue weighted by molar-refractivity contribution is -0.118. The van der Waals surface area contributed by atoms with Gasteiger partial charge >= 0.3 is 0 Å². The van der Waals surface area contributed by atoms with Crippen LogP contribution in [-0.2, 0) is 9.59 Å². The number of carbonyl (C=O) groups is 3. The normalized spacial score (nSPS) is 9.96. The summed E-state index contributed by atoms with van der Waals surface area (Å²) < 4.78 is 15.7. The number of carbonyl (C=O) groups excluding carboxylic acids is 3. The molecule has 2 aromatic rings. The van der Waals surface area contributed by atoms with Gasteiger partial charge in [0.05, 0.1) is 25.5 Å². The molecule has 0 atom stereocenters. The van der Waals surface area contributed by atoms with Gasteiger partial charge in [-0.2, -0.15) is 0 Å². The molecule has 0 saturated carbocycles. The average molecular weight is 387 g/mol. The third-order valence-electron chi connectivity index (χ3n) is 3.60. The van der Waals surface area contributed by atoms with Crippen LogP contribution < -0.4 is 30.6 Å². The highest BCUT2D eigenvalue weighted by molar-refractivity contribution is 5.97. The Morgan fingerprint density at radius 3 is 2.29 bits per heavy atom. The zero-order chi connectivity index (χ0) is 20.7. The van der Waals surface area contributed by atoms with Crippen molar-refractivity contribution in [3.63, 3.8) is 0 Å². The fraction of sp³-hybridized carbons (Fsp3) is 0.211. The first-order valence-corrected chi connectivity index (χ1v) is 8.20. The number of nitrogens with one attached hydrogen (secondary N) is 2. The zero-order valence-electron chi connectivity index (χ0n) is 15.7. The molecule has 0 heterocycles. The molecule has 9 heteroatoms. The lowest BCUT2D eigenvalue weighted by Gasteiger charge is -2.14. The standard InChI is InChI=1S/C19H21N3O6/c1-11(23)21-12-4-6-17(27-3)15(8-12)22-18(24)10-28-16-7-5-13(26-2)9-14(16)19(20)25/h4-9H,10H2,1-3H3,(H2,20,25)(H,21,23)(H,22,24). The number of nitrogens with two attached hydrogens (primary N) is 1. The number of benzene rings is 2. The summed E-state index contributed by atoms with van der Waals surface area (Å²) in [6, 6.07) is 9.30. The van der Waals surface area contributed by atoms with Crippen LogP contribution in [-0.4, -0.2) is 38.5 Å². The minimum atomic E-state index is -0.709. The molecule has 148 valence electrons. The van der Waals surface area contributed by atoms with Gasteiger partial charge in [-0.3, -0.25) is 14.4 Å². The van der Waals surface area contributed by atoms with E-state index >= 15 is 0 Å². The van der Waals surface area contributed by atoms with Gasteiger partial charge in [-0.15, -0.1) is 0 Å². The first-order chi connectivity index (χ1) is 13.3. The highest BCUT2D eigenvalue weighted by Crippen LogP contribution is 2.28. The molecular weight excluding hydrogens is 366 g/mol. The molecule has 9 nitrogen and oxygen atoms in total. The minimum absolute atomic E-state index is 0.0948. The second kappa shape index (κ2) is 9.26. The van der Waals surface area contributed by atoms with Crippen molar-refractivity contribution in [3.05, 3.63) is 42.0 Å². The fourth-order valence-electron chi connectivity index (χ4n) is 2.37. The van der Waals surface area contributed by atoms with Crippen LogP contribution in [0.5, 0.6) is 17.2 Å². The smallest absolute Gasteiger partial charge is 0.262 e. The van der Waals surface area contributed by atoms with E-state index in [4.69, 9.17) is 19.9 Å². The number of methoxy groups -OCH3 is 2. The van der Waals surface area contributed by atoms with Gasteiger partial charge in [-0.1, -0.05) is 0 Å². The number of hydrogen-bond donors (Lipinski definition) is 3. The second-order valence-corrected chi connectivity index (χ2v) is 5.66. The number of anilines is 2. The van der Waals surface area contributed by atoms with E-state index in [1.165, 1.54) is 33.3 Å². The van der Waals surface area contributed by atoms with E-state index in [1.807, 2.05) is 0 Å². The van der Waals surface area contributed by atoms with Gasteiger partial charge in [0.2, 0.25) is 5.91 Å². The van der Waals surface area contributed by atoms with Crippen LogP contribution in [0, 0.1) is 0 Å². The van der Waals surface area contributed by atoms with Crippen LogP contribution in [0.4, 0.5) is 11.4 Å². The van der Waals surface area contributed by atoms with Crippen molar-refractivity contribution in [2.24, 2.45) is 5.73 Å². The van der Waals surface area contributed by atoms with Crippen molar-refractivity contribution in [2.75, 3.05) is 31.5 Å². The largest absolute Gasteiger partial charge is 0.497 e. The fourth-order valence-corrected chi connectivity index (χ4v) is 2.37. The predicted octanol–water partition coefficient (Wildman–Crippen LogP) is 1.78. The maximum atomic E-state index is 12.3. The molecular formula is C19H21N3O6. The molecule has 0 saturated heterocycles. The number of amides is 3. The van der Waals surface area contributed by atoms with Crippen LogP contribution in [0.15, 0.2) is 36.4 Å². The van der Waals surface area contributed by atoms with Crippen LogP contribution in [0.1, 0.15) is 17.3 Å². The van der Waals surface area contributed by atoms with E-state index in [0.717, 1.165) is 0 Å². The van der Waals surface area contributed by atoms with Gasteiger partial charge in [0, 0.05) is 12.6 Å². The highest BCUT2D eigenvalue weighted by atomic mass is 16.5. The van der Waals surface area contributed by atoms with Crippen molar-refractivity contribution >= 4 is 29.1 Å². The van der Waals surface area contributed by atoms with Gasteiger partial charge in [0.15, 0.2) is 6.61 Å². The number of hydrogen-bond acceptors (Lipinski definition) is 6. The minimum Gasteiger partial charge on any atom is -0.497 e. The molecule has 0 radical (unpaired) electrons. The molecule has 0 aliphatic heterocycles. The van der Waals surface area contributed by atoms with Crippen LogP contribution >= 0.6 is 0 Å². The first kappa shape index (κ1) is 20.6. The molecule has 2 rings (SSSR count). The second-order valence-electron chi connectivity index (χ2n) is 5.66. The Morgan fingerprint density at radius 2 is 1.68 bits per heavy atom. The molecule has 2 aromatic carbocycles. The molecule has 3 amide bonds. The van der Waals surface area contributed by atoms with E-state index in [0.29, 0.717) is 22.9 Å². The Hall–Kier alpha value is -3.75. The Kier molecular flexibility index (Phi) is 6.80. The zero-order valence-corrected chi connectivity index (χ0v) is 15.7. The monoisotopic (exact) mass is 387 g/mol. The van der Waals surface area contributed by atoms with E-state index < -0.39 is 11.8 Å². The SMILES string of the molecule is COc1ccc(OCC(=O)Nc2cc(NC(C)=O)ccc2OC)c(C(N)=O)c1. The summed E-state index contributed by atoms with van der Waals surface area (Å²) in [5, 5.41) is 5.25. The Bertz CT molecular complexity index is 897. The number of rotatable bonds is 8. The maximum absolute atomic E-state index is 12.3. The lowest BCUT2D eigenvalue weighted by Crippen LogP contribution is -2.22. The molecule has 0 fully saturated rings. The summed E-state index contributed by atoms with van der Waals surface area (Å²) in [6.45, 7) is 1.00. The van der Waals surface area contributed by atoms with Gasteiger partial charge < -0.3 is 30.6 Å². The van der Waals surface area contributed by atoms with E-state index in [1.54, 1.807) is 24.3 Å². The van der Waals surface area contributed by atoms with Crippen LogP contribution in [0.25, 0.3) is 0 Å². The van der Waals surface area contributed by atoms with Gasteiger partial charge in [-0.05, 0) is 36.4 Å². The van der Waals surface area contributed by atoms with E-state index in [9.17, 15) is 14.4 Å². The van der Waals surface area contributed by atoms with Gasteiger partial charge in [0.25, 0.3) is 11.8 Å². The third kappa shape index (κ3) is 5.37. The first-order valence-electron chi connectivity index (χ1n) is 8.20. The topological polar surface area (TPSA) is 129 Å². The predicted molar refractivity (Wildman–Crippen MR) is 103 cm³/mol. The molecule has 0 aliphatic rings. The Morgan fingerprint density at radius 1 is 0.964 bits per heavy atom. The summed E-state index contributed by atoms with van der Waals surface area (Å²) in [5.74, 6) is -0.454. The molecule has 28 heavy (non-hydrogen) atoms. The maximum Gasteiger partial charge on any atom is 0.262 e. The van der Waals surface area contributed by atoms with Crippen molar-refractivity contribution in [1.29, 1.82) is 0 Å².